The molecule has 5 heteroatoms. The molecule has 0 N–H and O–H groups in total. The fourth-order valence-corrected chi connectivity index (χ4v) is 3.70. The first-order valence-electron chi connectivity index (χ1n) is 8.55. The fraction of sp³-hybridized carbons (Fsp3) is 0.444. The Kier molecular flexibility index (Phi) is 3.87. The van der Waals surface area contributed by atoms with Crippen LogP contribution in [0.3, 0.4) is 0 Å². The average molecular weight is 309 g/mol. The van der Waals surface area contributed by atoms with Gasteiger partial charge in [0, 0.05) is 25.0 Å². The van der Waals surface area contributed by atoms with Crippen LogP contribution in [-0.2, 0) is 0 Å². The van der Waals surface area contributed by atoms with Crippen LogP contribution in [0.1, 0.15) is 32.2 Å². The molecule has 4 rings (SSSR count). The zero-order chi connectivity index (χ0) is 15.6. The lowest BCUT2D eigenvalue weighted by molar-refractivity contribution is 0.178. The zero-order valence-electron chi connectivity index (χ0n) is 13.6. The summed E-state index contributed by atoms with van der Waals surface area (Å²) in [5.74, 6) is 1.02. The molecular weight excluding hydrogens is 286 g/mol. The van der Waals surface area contributed by atoms with Crippen molar-refractivity contribution in [3.8, 4) is 11.5 Å². The Balaban J connectivity index is 1.70. The fourth-order valence-electron chi connectivity index (χ4n) is 3.70. The molecule has 1 fully saturated rings. The number of hydrogen-bond acceptors (Lipinski definition) is 3. The molecule has 0 aliphatic carbocycles. The van der Waals surface area contributed by atoms with Gasteiger partial charge in [-0.25, -0.2) is 9.50 Å². The number of imidazole rings is 1. The first-order valence-corrected chi connectivity index (χ1v) is 8.55. The molecule has 1 aliphatic rings. The number of piperidine rings is 1. The molecule has 23 heavy (non-hydrogen) atoms. The van der Waals surface area contributed by atoms with E-state index < -0.39 is 0 Å². The standard InChI is InChI=1S/C18H23N5/c1-2-11-21-12-4-6-16(14-21)22-13-10-19-18(22)17-7-3-5-15-8-9-20-23(15)17/h3,5,7-10,13,16H,2,4,6,11-12,14H2,1H3. The summed E-state index contributed by atoms with van der Waals surface area (Å²) >= 11 is 0. The molecule has 120 valence electrons. The lowest BCUT2D eigenvalue weighted by Crippen LogP contribution is -2.37. The molecule has 0 bridgehead atoms. The van der Waals surface area contributed by atoms with Gasteiger partial charge < -0.3 is 9.47 Å². The summed E-state index contributed by atoms with van der Waals surface area (Å²) in [5.41, 5.74) is 2.17. The number of hydrogen-bond donors (Lipinski definition) is 0. The lowest BCUT2D eigenvalue weighted by Gasteiger charge is -2.33. The van der Waals surface area contributed by atoms with Crippen molar-refractivity contribution < 1.29 is 0 Å². The molecule has 0 aromatic carbocycles. The van der Waals surface area contributed by atoms with Crippen LogP contribution < -0.4 is 0 Å². The van der Waals surface area contributed by atoms with E-state index in [1.807, 2.05) is 23.0 Å². The third kappa shape index (κ3) is 2.65. The second kappa shape index (κ2) is 6.16. The first-order chi connectivity index (χ1) is 11.4. The summed E-state index contributed by atoms with van der Waals surface area (Å²) in [6.45, 7) is 5.79. The summed E-state index contributed by atoms with van der Waals surface area (Å²) in [7, 11) is 0. The maximum atomic E-state index is 4.65. The van der Waals surface area contributed by atoms with Gasteiger partial charge in [0.15, 0.2) is 5.82 Å². The van der Waals surface area contributed by atoms with Gasteiger partial charge in [0.2, 0.25) is 0 Å². The van der Waals surface area contributed by atoms with Gasteiger partial charge in [-0.2, -0.15) is 5.10 Å². The van der Waals surface area contributed by atoms with E-state index >= 15 is 0 Å². The SMILES string of the molecule is CCCN1CCCC(n2ccnc2-c2cccc3ccnn23)C1. The summed E-state index contributed by atoms with van der Waals surface area (Å²) in [4.78, 5) is 7.22. The van der Waals surface area contributed by atoms with E-state index in [9.17, 15) is 0 Å². The van der Waals surface area contributed by atoms with E-state index in [-0.39, 0.29) is 0 Å². The maximum Gasteiger partial charge on any atom is 0.159 e. The van der Waals surface area contributed by atoms with Crippen LogP contribution in [0, 0.1) is 0 Å². The zero-order valence-corrected chi connectivity index (χ0v) is 13.6. The van der Waals surface area contributed by atoms with E-state index in [2.05, 4.69) is 50.9 Å². The van der Waals surface area contributed by atoms with Crippen molar-refractivity contribution in [2.75, 3.05) is 19.6 Å². The highest BCUT2D eigenvalue weighted by Gasteiger charge is 2.23. The van der Waals surface area contributed by atoms with E-state index in [0.717, 1.165) is 23.6 Å². The second-order valence-corrected chi connectivity index (χ2v) is 6.33. The summed E-state index contributed by atoms with van der Waals surface area (Å²) in [5, 5.41) is 4.46. The predicted molar refractivity (Wildman–Crippen MR) is 91.4 cm³/mol. The van der Waals surface area contributed by atoms with Gasteiger partial charge in [0.05, 0.1) is 11.7 Å². The van der Waals surface area contributed by atoms with Gasteiger partial charge in [-0.3, -0.25) is 0 Å². The molecule has 4 heterocycles. The highest BCUT2D eigenvalue weighted by molar-refractivity contribution is 5.59. The van der Waals surface area contributed by atoms with Gasteiger partial charge in [-0.15, -0.1) is 0 Å². The van der Waals surface area contributed by atoms with Crippen molar-refractivity contribution in [1.29, 1.82) is 0 Å². The number of likely N-dealkylation sites (tertiary alicyclic amines) is 1. The Morgan fingerprint density at radius 2 is 2.17 bits per heavy atom. The van der Waals surface area contributed by atoms with Crippen LogP contribution in [0.25, 0.3) is 17.0 Å². The summed E-state index contributed by atoms with van der Waals surface area (Å²) < 4.78 is 4.32. The number of fused-ring (bicyclic) bond motifs is 1. The number of aromatic nitrogens is 4. The van der Waals surface area contributed by atoms with E-state index in [4.69, 9.17) is 0 Å². The van der Waals surface area contributed by atoms with Crippen molar-refractivity contribution in [3.05, 3.63) is 42.9 Å². The van der Waals surface area contributed by atoms with Crippen molar-refractivity contribution in [2.24, 2.45) is 0 Å². The first kappa shape index (κ1) is 14.5. The molecule has 0 amide bonds. The maximum absolute atomic E-state index is 4.65. The molecule has 0 spiro atoms. The largest absolute Gasteiger partial charge is 0.325 e. The highest BCUT2D eigenvalue weighted by atomic mass is 15.3. The number of pyridine rings is 1. The van der Waals surface area contributed by atoms with Crippen LogP contribution in [0.2, 0.25) is 0 Å². The third-order valence-corrected chi connectivity index (χ3v) is 4.73. The molecule has 3 aromatic heterocycles. The minimum atomic E-state index is 0.499. The van der Waals surface area contributed by atoms with Crippen LogP contribution in [-0.4, -0.2) is 43.7 Å². The Bertz CT molecular complexity index is 785. The number of nitrogens with zero attached hydrogens (tertiary/aromatic N) is 5. The van der Waals surface area contributed by atoms with Gasteiger partial charge in [0.1, 0.15) is 5.69 Å². The molecule has 0 saturated carbocycles. The Morgan fingerprint density at radius 1 is 1.22 bits per heavy atom. The van der Waals surface area contributed by atoms with Crippen molar-refractivity contribution in [2.45, 2.75) is 32.2 Å². The van der Waals surface area contributed by atoms with Crippen LogP contribution in [0.5, 0.6) is 0 Å². The average Bonchev–Trinajstić information content (AvgIpc) is 3.24. The van der Waals surface area contributed by atoms with Gasteiger partial charge in [0.25, 0.3) is 0 Å². The molecule has 0 radical (unpaired) electrons. The quantitative estimate of drug-likeness (QED) is 0.742. The van der Waals surface area contributed by atoms with Gasteiger partial charge in [-0.1, -0.05) is 13.0 Å². The van der Waals surface area contributed by atoms with E-state index in [1.54, 1.807) is 0 Å². The van der Waals surface area contributed by atoms with Crippen LogP contribution >= 0.6 is 0 Å². The molecule has 1 saturated heterocycles. The van der Waals surface area contributed by atoms with E-state index in [0.29, 0.717) is 6.04 Å². The van der Waals surface area contributed by atoms with Crippen molar-refractivity contribution in [3.63, 3.8) is 0 Å². The molecular formula is C18H23N5. The topological polar surface area (TPSA) is 38.4 Å². The third-order valence-electron chi connectivity index (χ3n) is 4.73. The summed E-state index contributed by atoms with van der Waals surface area (Å²) in [6, 6.07) is 8.79. The smallest absolute Gasteiger partial charge is 0.159 e. The highest BCUT2D eigenvalue weighted by Crippen LogP contribution is 2.27. The monoisotopic (exact) mass is 309 g/mol. The molecule has 3 aromatic rings. The summed E-state index contributed by atoms with van der Waals surface area (Å²) in [6.07, 6.45) is 9.58. The van der Waals surface area contributed by atoms with E-state index in [1.165, 1.54) is 32.4 Å². The minimum absolute atomic E-state index is 0.499. The molecule has 1 aliphatic heterocycles. The van der Waals surface area contributed by atoms with Crippen molar-refractivity contribution in [1.82, 2.24) is 24.1 Å². The Hall–Kier alpha value is -2.14. The van der Waals surface area contributed by atoms with Gasteiger partial charge in [-0.05, 0) is 50.6 Å². The van der Waals surface area contributed by atoms with Gasteiger partial charge >= 0.3 is 0 Å². The predicted octanol–water partition coefficient (Wildman–Crippen LogP) is 3.24. The molecule has 1 unspecified atom stereocenters. The lowest BCUT2D eigenvalue weighted by atomic mass is 10.0. The number of rotatable bonds is 4. The van der Waals surface area contributed by atoms with Crippen LogP contribution in [0.15, 0.2) is 42.9 Å². The second-order valence-electron chi connectivity index (χ2n) is 6.33. The normalized spacial score (nSPS) is 19.4. The molecule has 5 nitrogen and oxygen atoms in total. The Morgan fingerprint density at radius 3 is 3.09 bits per heavy atom. The Labute approximate surface area is 136 Å². The van der Waals surface area contributed by atoms with Crippen molar-refractivity contribution >= 4 is 5.52 Å². The molecule has 1 atom stereocenters. The van der Waals surface area contributed by atoms with Crippen LogP contribution in [0.4, 0.5) is 0 Å². The minimum Gasteiger partial charge on any atom is -0.325 e.